The summed E-state index contributed by atoms with van der Waals surface area (Å²) in [7, 11) is 0. The molecule has 124 valence electrons. The number of hydrogen-bond acceptors (Lipinski definition) is 5. The first-order valence-corrected chi connectivity index (χ1v) is 7.53. The van der Waals surface area contributed by atoms with Gasteiger partial charge in [-0.25, -0.2) is 9.36 Å². The average molecular weight is 326 g/mol. The lowest BCUT2D eigenvalue weighted by molar-refractivity contribution is -0.123. The minimum absolute atomic E-state index is 0.185. The SMILES string of the molecule is CC(C)(C)NC(=O)Cn1nnc2c(cnn2-c2ccccc2)c1=O. The molecule has 1 aromatic carbocycles. The highest BCUT2D eigenvalue weighted by atomic mass is 16.2. The number of hydrogen-bond donors (Lipinski definition) is 1. The van der Waals surface area contributed by atoms with E-state index in [0.717, 1.165) is 10.4 Å². The topological polar surface area (TPSA) is 94.7 Å². The summed E-state index contributed by atoms with van der Waals surface area (Å²) in [5, 5.41) is 15.2. The zero-order valence-electron chi connectivity index (χ0n) is 13.7. The molecule has 8 heteroatoms. The van der Waals surface area contributed by atoms with Crippen LogP contribution in [0.5, 0.6) is 0 Å². The van der Waals surface area contributed by atoms with E-state index in [0.29, 0.717) is 11.0 Å². The van der Waals surface area contributed by atoms with E-state index >= 15 is 0 Å². The number of nitrogens with zero attached hydrogens (tertiary/aromatic N) is 5. The van der Waals surface area contributed by atoms with Crippen LogP contribution >= 0.6 is 0 Å². The fourth-order valence-corrected chi connectivity index (χ4v) is 2.32. The predicted octanol–water partition coefficient (Wildman–Crippen LogP) is 0.892. The Morgan fingerprint density at radius 2 is 1.92 bits per heavy atom. The van der Waals surface area contributed by atoms with E-state index in [4.69, 9.17) is 0 Å². The minimum Gasteiger partial charge on any atom is -0.350 e. The van der Waals surface area contributed by atoms with Crippen molar-refractivity contribution in [2.75, 3.05) is 0 Å². The van der Waals surface area contributed by atoms with Crippen molar-refractivity contribution in [3.63, 3.8) is 0 Å². The summed E-state index contributed by atoms with van der Waals surface area (Å²) in [5.41, 5.74) is 0.366. The van der Waals surface area contributed by atoms with Gasteiger partial charge in [-0.2, -0.15) is 5.10 Å². The first-order valence-electron chi connectivity index (χ1n) is 7.53. The van der Waals surface area contributed by atoms with Crippen LogP contribution < -0.4 is 10.9 Å². The molecule has 0 radical (unpaired) electrons. The van der Waals surface area contributed by atoms with Crippen molar-refractivity contribution in [2.24, 2.45) is 0 Å². The molecular weight excluding hydrogens is 308 g/mol. The van der Waals surface area contributed by atoms with Crippen LogP contribution in [-0.4, -0.2) is 36.2 Å². The van der Waals surface area contributed by atoms with Crippen molar-refractivity contribution in [2.45, 2.75) is 32.9 Å². The van der Waals surface area contributed by atoms with Crippen LogP contribution in [0.3, 0.4) is 0 Å². The Labute approximate surface area is 138 Å². The van der Waals surface area contributed by atoms with Gasteiger partial charge in [-0.1, -0.05) is 23.4 Å². The lowest BCUT2D eigenvalue weighted by Gasteiger charge is -2.20. The Kier molecular flexibility index (Phi) is 3.88. The molecule has 1 amide bonds. The zero-order valence-corrected chi connectivity index (χ0v) is 13.7. The van der Waals surface area contributed by atoms with Crippen LogP contribution in [0.15, 0.2) is 41.3 Å². The Morgan fingerprint density at radius 3 is 2.58 bits per heavy atom. The van der Waals surface area contributed by atoms with E-state index in [9.17, 15) is 9.59 Å². The van der Waals surface area contributed by atoms with Gasteiger partial charge in [0.1, 0.15) is 11.9 Å². The number of carbonyl (C=O) groups is 1. The maximum atomic E-state index is 12.5. The fourth-order valence-electron chi connectivity index (χ4n) is 2.32. The van der Waals surface area contributed by atoms with Crippen molar-refractivity contribution < 1.29 is 4.79 Å². The summed E-state index contributed by atoms with van der Waals surface area (Å²) < 4.78 is 2.59. The fraction of sp³-hybridized carbons (Fsp3) is 0.312. The summed E-state index contributed by atoms with van der Waals surface area (Å²) in [6.07, 6.45) is 1.44. The number of nitrogens with one attached hydrogen (secondary N) is 1. The molecule has 0 bridgehead atoms. The molecule has 3 aromatic rings. The number of benzene rings is 1. The van der Waals surface area contributed by atoms with Crippen molar-refractivity contribution in [1.82, 2.24) is 30.1 Å². The molecular formula is C16H18N6O2. The normalized spacial score (nSPS) is 11.6. The number of amides is 1. The van der Waals surface area contributed by atoms with Gasteiger partial charge in [-0.15, -0.1) is 5.10 Å². The third kappa shape index (κ3) is 3.17. The van der Waals surface area contributed by atoms with E-state index in [1.807, 2.05) is 51.1 Å². The van der Waals surface area contributed by atoms with Crippen LogP contribution in [0, 0.1) is 0 Å². The summed E-state index contributed by atoms with van der Waals surface area (Å²) in [6.45, 7) is 5.42. The molecule has 0 aliphatic heterocycles. The maximum Gasteiger partial charge on any atom is 0.281 e. The highest BCUT2D eigenvalue weighted by Crippen LogP contribution is 2.12. The third-order valence-corrected chi connectivity index (χ3v) is 3.26. The maximum absolute atomic E-state index is 12.5. The molecule has 1 N–H and O–H groups in total. The van der Waals surface area contributed by atoms with Crippen LogP contribution in [0.1, 0.15) is 20.8 Å². The molecule has 3 rings (SSSR count). The van der Waals surface area contributed by atoms with Crippen LogP contribution in [-0.2, 0) is 11.3 Å². The third-order valence-electron chi connectivity index (χ3n) is 3.26. The first-order chi connectivity index (χ1) is 11.3. The summed E-state index contributed by atoms with van der Waals surface area (Å²) >= 11 is 0. The Hall–Kier alpha value is -3.03. The molecule has 0 saturated carbocycles. The molecule has 0 fully saturated rings. The summed E-state index contributed by atoms with van der Waals surface area (Å²) in [6, 6.07) is 9.34. The van der Waals surface area contributed by atoms with Gasteiger partial charge in [-0.05, 0) is 32.9 Å². The minimum atomic E-state index is -0.397. The molecule has 0 atom stereocenters. The lowest BCUT2D eigenvalue weighted by atomic mass is 10.1. The molecule has 2 aromatic heterocycles. The molecule has 0 aliphatic rings. The molecule has 0 saturated heterocycles. The van der Waals surface area contributed by atoms with Gasteiger partial charge in [0.05, 0.1) is 11.9 Å². The average Bonchev–Trinajstić information content (AvgIpc) is 2.94. The number of fused-ring (bicyclic) bond motifs is 1. The van der Waals surface area contributed by atoms with Crippen LogP contribution in [0.4, 0.5) is 0 Å². The second-order valence-electron chi connectivity index (χ2n) is 6.48. The molecule has 24 heavy (non-hydrogen) atoms. The number of rotatable bonds is 3. The van der Waals surface area contributed by atoms with Gasteiger partial charge in [-0.3, -0.25) is 9.59 Å². The van der Waals surface area contributed by atoms with Gasteiger partial charge in [0.15, 0.2) is 5.65 Å². The molecule has 0 aliphatic carbocycles. The van der Waals surface area contributed by atoms with Gasteiger partial charge < -0.3 is 5.32 Å². The lowest BCUT2D eigenvalue weighted by Crippen LogP contribution is -2.44. The van der Waals surface area contributed by atoms with Crippen molar-refractivity contribution in [3.05, 3.63) is 46.9 Å². The molecule has 0 spiro atoms. The Morgan fingerprint density at radius 1 is 1.21 bits per heavy atom. The van der Waals surface area contributed by atoms with Crippen molar-refractivity contribution in [3.8, 4) is 5.69 Å². The zero-order chi connectivity index (χ0) is 17.3. The molecule has 8 nitrogen and oxygen atoms in total. The van der Waals surface area contributed by atoms with E-state index in [-0.39, 0.29) is 18.0 Å². The summed E-state index contributed by atoms with van der Waals surface area (Å²) in [5.74, 6) is -0.297. The van der Waals surface area contributed by atoms with Crippen LogP contribution in [0.2, 0.25) is 0 Å². The predicted molar refractivity (Wildman–Crippen MR) is 88.8 cm³/mol. The Bertz CT molecular complexity index is 937. The van der Waals surface area contributed by atoms with E-state index < -0.39 is 5.56 Å². The highest BCUT2D eigenvalue weighted by Gasteiger charge is 2.17. The molecule has 2 heterocycles. The molecule has 0 unspecified atom stereocenters. The number of carbonyl (C=O) groups excluding carboxylic acids is 1. The van der Waals surface area contributed by atoms with E-state index in [1.54, 1.807) is 4.68 Å². The van der Waals surface area contributed by atoms with Gasteiger partial charge >= 0.3 is 0 Å². The van der Waals surface area contributed by atoms with Gasteiger partial charge in [0.25, 0.3) is 5.56 Å². The highest BCUT2D eigenvalue weighted by molar-refractivity contribution is 5.77. The number of para-hydroxylation sites is 1. The largest absolute Gasteiger partial charge is 0.350 e. The van der Waals surface area contributed by atoms with Gasteiger partial charge in [0, 0.05) is 5.54 Å². The van der Waals surface area contributed by atoms with Crippen molar-refractivity contribution >= 4 is 16.9 Å². The van der Waals surface area contributed by atoms with E-state index in [2.05, 4.69) is 20.7 Å². The van der Waals surface area contributed by atoms with Gasteiger partial charge in [0.2, 0.25) is 5.91 Å². The smallest absolute Gasteiger partial charge is 0.281 e. The second kappa shape index (κ2) is 5.88. The number of aromatic nitrogens is 5. The summed E-state index contributed by atoms with van der Waals surface area (Å²) in [4.78, 5) is 24.5. The first kappa shape index (κ1) is 15.9. The van der Waals surface area contributed by atoms with E-state index in [1.165, 1.54) is 6.20 Å². The standard InChI is InChI=1S/C16H18N6O2/c1-16(2,3)18-13(23)10-21-15(24)12-9-17-22(14(12)19-20-21)11-7-5-4-6-8-11/h4-9H,10H2,1-3H3,(H,18,23). The van der Waals surface area contributed by atoms with Crippen LogP contribution in [0.25, 0.3) is 16.7 Å². The Balaban J connectivity index is 1.96. The quantitative estimate of drug-likeness (QED) is 0.771. The monoisotopic (exact) mass is 326 g/mol. The van der Waals surface area contributed by atoms with Crippen molar-refractivity contribution in [1.29, 1.82) is 0 Å². The second-order valence-corrected chi connectivity index (χ2v) is 6.48.